The van der Waals surface area contributed by atoms with Crippen LogP contribution in [0.4, 0.5) is 5.69 Å². The lowest BCUT2D eigenvalue weighted by Gasteiger charge is -2.18. The lowest BCUT2D eigenvalue weighted by atomic mass is 10.1. The molecule has 0 aliphatic rings. The van der Waals surface area contributed by atoms with Gasteiger partial charge in [0.25, 0.3) is 5.91 Å². The number of nitrogens with one attached hydrogen (secondary N) is 1. The van der Waals surface area contributed by atoms with E-state index in [-0.39, 0.29) is 5.91 Å². The minimum atomic E-state index is -0.821. The number of aromatic nitrogens is 1. The van der Waals surface area contributed by atoms with Crippen molar-refractivity contribution in [2.45, 2.75) is 27.2 Å². The Balaban J connectivity index is 2.76. The number of carboxylic acid groups (broad SMARTS) is 1. The molecule has 0 aromatic carbocycles. The molecule has 1 atom stereocenters. The van der Waals surface area contributed by atoms with E-state index in [1.165, 1.54) is 0 Å². The van der Waals surface area contributed by atoms with Gasteiger partial charge in [-0.25, -0.2) is 0 Å². The van der Waals surface area contributed by atoms with E-state index >= 15 is 0 Å². The van der Waals surface area contributed by atoms with Crippen molar-refractivity contribution in [2.75, 3.05) is 25.0 Å². The number of anilines is 1. The number of carboxylic acids is 1. The van der Waals surface area contributed by atoms with Crippen LogP contribution in [0, 0.1) is 5.92 Å². The average Bonchev–Trinajstić information content (AvgIpc) is 2.49. The minimum Gasteiger partial charge on any atom is -0.481 e. The Morgan fingerprint density at radius 1 is 1.33 bits per heavy atom. The summed E-state index contributed by atoms with van der Waals surface area (Å²) >= 11 is 0. The molecule has 1 heterocycles. The highest BCUT2D eigenvalue weighted by molar-refractivity contribution is 5.93. The van der Waals surface area contributed by atoms with Crippen LogP contribution in [0.2, 0.25) is 0 Å². The normalized spacial score (nSPS) is 11.8. The summed E-state index contributed by atoms with van der Waals surface area (Å²) in [4.78, 5) is 29.0. The first-order valence-electron chi connectivity index (χ1n) is 7.25. The topological polar surface area (TPSA) is 82.5 Å². The fourth-order valence-corrected chi connectivity index (χ4v) is 1.98. The summed E-state index contributed by atoms with van der Waals surface area (Å²) in [6, 6.07) is 3.39. The fraction of sp³-hybridized carbons (Fsp3) is 0.533. The monoisotopic (exact) mass is 293 g/mol. The van der Waals surface area contributed by atoms with Crippen LogP contribution in [-0.4, -0.2) is 46.5 Å². The number of pyridine rings is 1. The Morgan fingerprint density at radius 2 is 2.00 bits per heavy atom. The molecule has 0 saturated heterocycles. The van der Waals surface area contributed by atoms with Gasteiger partial charge in [-0.3, -0.25) is 14.6 Å². The van der Waals surface area contributed by atoms with Crippen molar-refractivity contribution in [3.05, 3.63) is 24.0 Å². The molecule has 116 valence electrons. The molecule has 1 unspecified atom stereocenters. The van der Waals surface area contributed by atoms with Gasteiger partial charge in [0.05, 0.1) is 5.92 Å². The van der Waals surface area contributed by atoms with E-state index in [2.05, 4.69) is 10.3 Å². The summed E-state index contributed by atoms with van der Waals surface area (Å²) in [5.74, 6) is -1.38. The van der Waals surface area contributed by atoms with Crippen LogP contribution in [0.5, 0.6) is 0 Å². The molecule has 6 heteroatoms. The van der Waals surface area contributed by atoms with Crippen molar-refractivity contribution >= 4 is 17.6 Å². The van der Waals surface area contributed by atoms with Gasteiger partial charge in [0.1, 0.15) is 5.69 Å². The van der Waals surface area contributed by atoms with E-state index in [1.807, 2.05) is 20.8 Å². The van der Waals surface area contributed by atoms with Crippen LogP contribution < -0.4 is 5.32 Å². The van der Waals surface area contributed by atoms with Gasteiger partial charge < -0.3 is 15.3 Å². The Kier molecular flexibility index (Phi) is 6.65. The molecule has 1 aromatic rings. The Labute approximate surface area is 125 Å². The Bertz CT molecular complexity index is 487. The quantitative estimate of drug-likeness (QED) is 0.767. The first-order valence-corrected chi connectivity index (χ1v) is 7.25. The second-order valence-electron chi connectivity index (χ2n) is 4.73. The molecular weight excluding hydrogens is 270 g/mol. The highest BCUT2D eigenvalue weighted by Gasteiger charge is 2.16. The lowest BCUT2D eigenvalue weighted by molar-refractivity contribution is -0.141. The van der Waals surface area contributed by atoms with Gasteiger partial charge in [-0.15, -0.1) is 0 Å². The number of hydrogen-bond acceptors (Lipinski definition) is 4. The summed E-state index contributed by atoms with van der Waals surface area (Å²) in [6.45, 7) is 7.26. The smallest absolute Gasteiger partial charge is 0.308 e. The number of nitrogens with zero attached hydrogens (tertiary/aromatic N) is 2. The standard InChI is InChI=1S/C15H23N3O3/c1-4-11(15(20)21)10-17-12-7-8-16-13(9-12)14(19)18(5-2)6-3/h7-9,11H,4-6,10H2,1-3H3,(H,16,17)(H,20,21). The maximum atomic E-state index is 12.2. The van der Waals surface area contributed by atoms with Crippen LogP contribution in [0.1, 0.15) is 37.7 Å². The third-order valence-electron chi connectivity index (χ3n) is 3.42. The van der Waals surface area contributed by atoms with Crippen LogP contribution in [-0.2, 0) is 4.79 Å². The molecule has 0 bridgehead atoms. The predicted molar refractivity (Wildman–Crippen MR) is 81.4 cm³/mol. The van der Waals surface area contributed by atoms with Crippen LogP contribution in [0.15, 0.2) is 18.3 Å². The van der Waals surface area contributed by atoms with Gasteiger partial charge >= 0.3 is 5.97 Å². The number of rotatable bonds is 8. The van der Waals surface area contributed by atoms with Gasteiger partial charge in [-0.05, 0) is 32.4 Å². The molecular formula is C15H23N3O3. The van der Waals surface area contributed by atoms with Gasteiger partial charge in [0.2, 0.25) is 0 Å². The number of amides is 1. The maximum absolute atomic E-state index is 12.2. The first-order chi connectivity index (χ1) is 10.0. The number of carbonyl (C=O) groups excluding carboxylic acids is 1. The first kappa shape index (κ1) is 16.9. The molecule has 0 radical (unpaired) electrons. The van der Waals surface area contributed by atoms with Gasteiger partial charge in [0.15, 0.2) is 0 Å². The van der Waals surface area contributed by atoms with E-state index in [0.717, 1.165) is 0 Å². The third kappa shape index (κ3) is 4.73. The summed E-state index contributed by atoms with van der Waals surface area (Å²) in [5, 5.41) is 12.1. The average molecular weight is 293 g/mol. The van der Waals surface area contributed by atoms with E-state index < -0.39 is 11.9 Å². The predicted octanol–water partition coefficient (Wildman–Crippen LogP) is 2.09. The number of carbonyl (C=O) groups is 2. The molecule has 1 aromatic heterocycles. The molecule has 21 heavy (non-hydrogen) atoms. The SMILES string of the molecule is CCC(CNc1ccnc(C(=O)N(CC)CC)c1)C(=O)O. The van der Waals surface area contributed by atoms with E-state index in [1.54, 1.807) is 23.2 Å². The van der Waals surface area contributed by atoms with Crippen molar-refractivity contribution in [3.63, 3.8) is 0 Å². The van der Waals surface area contributed by atoms with Gasteiger partial charge in [-0.2, -0.15) is 0 Å². The zero-order chi connectivity index (χ0) is 15.8. The second kappa shape index (κ2) is 8.24. The molecule has 1 amide bonds. The van der Waals surface area contributed by atoms with Gasteiger partial charge in [-0.1, -0.05) is 6.92 Å². The number of hydrogen-bond donors (Lipinski definition) is 2. The zero-order valence-electron chi connectivity index (χ0n) is 12.8. The largest absolute Gasteiger partial charge is 0.481 e. The molecule has 0 spiro atoms. The Hall–Kier alpha value is -2.11. The molecule has 0 aliphatic carbocycles. The third-order valence-corrected chi connectivity index (χ3v) is 3.42. The van der Waals surface area contributed by atoms with Crippen molar-refractivity contribution in [2.24, 2.45) is 5.92 Å². The fourth-order valence-electron chi connectivity index (χ4n) is 1.98. The minimum absolute atomic E-state index is 0.117. The van der Waals surface area contributed by atoms with E-state index in [4.69, 9.17) is 5.11 Å². The Morgan fingerprint density at radius 3 is 2.52 bits per heavy atom. The summed E-state index contributed by atoms with van der Waals surface area (Å²) < 4.78 is 0. The highest BCUT2D eigenvalue weighted by Crippen LogP contribution is 2.12. The molecule has 2 N–H and O–H groups in total. The molecule has 0 saturated carbocycles. The van der Waals surface area contributed by atoms with Crippen molar-refractivity contribution in [1.29, 1.82) is 0 Å². The molecule has 0 fully saturated rings. The van der Waals surface area contributed by atoms with Crippen molar-refractivity contribution in [3.8, 4) is 0 Å². The van der Waals surface area contributed by atoms with Crippen molar-refractivity contribution in [1.82, 2.24) is 9.88 Å². The van der Waals surface area contributed by atoms with Gasteiger partial charge in [0, 0.05) is 31.5 Å². The highest BCUT2D eigenvalue weighted by atomic mass is 16.4. The molecule has 0 aliphatic heterocycles. The summed E-state index contributed by atoms with van der Waals surface area (Å²) in [6.07, 6.45) is 2.11. The van der Waals surface area contributed by atoms with Crippen LogP contribution in [0.3, 0.4) is 0 Å². The molecule has 1 rings (SSSR count). The second-order valence-corrected chi connectivity index (χ2v) is 4.73. The summed E-state index contributed by atoms with van der Waals surface area (Å²) in [7, 11) is 0. The van der Waals surface area contributed by atoms with Crippen molar-refractivity contribution < 1.29 is 14.7 Å². The van der Waals surface area contributed by atoms with E-state index in [0.29, 0.717) is 37.4 Å². The summed E-state index contributed by atoms with van der Waals surface area (Å²) in [5.41, 5.74) is 1.08. The number of aliphatic carboxylic acids is 1. The van der Waals surface area contributed by atoms with E-state index in [9.17, 15) is 9.59 Å². The molecule has 6 nitrogen and oxygen atoms in total. The van der Waals surface area contributed by atoms with Crippen LogP contribution >= 0.6 is 0 Å². The van der Waals surface area contributed by atoms with Crippen LogP contribution in [0.25, 0.3) is 0 Å². The zero-order valence-corrected chi connectivity index (χ0v) is 12.8. The lowest BCUT2D eigenvalue weighted by Crippen LogP contribution is -2.31. The maximum Gasteiger partial charge on any atom is 0.308 e.